The normalized spacial score (nSPS) is 10.6. The van der Waals surface area contributed by atoms with E-state index in [2.05, 4.69) is 28.9 Å². The predicted molar refractivity (Wildman–Crippen MR) is 72.3 cm³/mol. The van der Waals surface area contributed by atoms with Crippen LogP contribution in [-0.2, 0) is 4.74 Å². The van der Waals surface area contributed by atoms with Gasteiger partial charge in [-0.1, -0.05) is 12.2 Å². The van der Waals surface area contributed by atoms with Gasteiger partial charge in [-0.25, -0.2) is 0 Å². The van der Waals surface area contributed by atoms with Crippen molar-refractivity contribution in [3.05, 3.63) is 17.8 Å². The van der Waals surface area contributed by atoms with E-state index in [4.69, 9.17) is 22.7 Å². The summed E-state index contributed by atoms with van der Waals surface area (Å²) in [6.07, 6.45) is 1.59. The van der Waals surface area contributed by atoms with Crippen molar-refractivity contribution in [2.75, 3.05) is 25.2 Å². The van der Waals surface area contributed by atoms with E-state index in [0.29, 0.717) is 17.4 Å². The van der Waals surface area contributed by atoms with Crippen LogP contribution in [0.25, 0.3) is 0 Å². The maximum absolute atomic E-state index is 5.69. The van der Waals surface area contributed by atoms with Gasteiger partial charge in [0.25, 0.3) is 0 Å². The van der Waals surface area contributed by atoms with Crippen LogP contribution < -0.4 is 10.6 Å². The summed E-state index contributed by atoms with van der Waals surface area (Å²) in [4.78, 5) is 2.41. The molecule has 1 aromatic heterocycles. The molecule has 0 bridgehead atoms. The van der Waals surface area contributed by atoms with E-state index in [1.807, 2.05) is 0 Å². The maximum atomic E-state index is 5.69. The quantitative estimate of drug-likeness (QED) is 0.763. The van der Waals surface area contributed by atoms with Gasteiger partial charge in [0, 0.05) is 19.7 Å². The molecule has 0 aromatic carbocycles. The van der Waals surface area contributed by atoms with Crippen LogP contribution in [0, 0.1) is 0 Å². The average Bonchev–Trinajstić information content (AvgIpc) is 2.29. The Hall–Kier alpha value is -1.27. The van der Waals surface area contributed by atoms with Gasteiger partial charge >= 0.3 is 0 Å². The van der Waals surface area contributed by atoms with Crippen LogP contribution in [0.5, 0.6) is 0 Å². The molecular formula is C11H18N4OS. The first-order valence-corrected chi connectivity index (χ1v) is 5.85. The topological polar surface area (TPSA) is 64.3 Å². The van der Waals surface area contributed by atoms with Crippen LogP contribution in [0.15, 0.2) is 12.3 Å². The predicted octanol–water partition coefficient (Wildman–Crippen LogP) is 0.972. The van der Waals surface area contributed by atoms with Crippen LogP contribution in [-0.4, -0.2) is 41.5 Å². The second kappa shape index (κ2) is 6.46. The highest BCUT2D eigenvalue weighted by atomic mass is 32.1. The van der Waals surface area contributed by atoms with Crippen LogP contribution >= 0.6 is 12.2 Å². The number of hydrogen-bond acceptors (Lipinski definition) is 5. The first-order valence-electron chi connectivity index (χ1n) is 5.45. The highest BCUT2D eigenvalue weighted by Crippen LogP contribution is 2.18. The standard InChI is InChI=1S/C11H18N4OS/c1-8(2)15(6-7-16-3)11-9(10(12)17)4-5-13-14-11/h4-5,8H,6-7H2,1-3H3,(H2,12,17). The monoisotopic (exact) mass is 254 g/mol. The lowest BCUT2D eigenvalue weighted by Crippen LogP contribution is -2.36. The van der Waals surface area contributed by atoms with Crippen molar-refractivity contribution in [1.82, 2.24) is 10.2 Å². The Morgan fingerprint density at radius 2 is 2.29 bits per heavy atom. The molecule has 0 aliphatic carbocycles. The van der Waals surface area contributed by atoms with E-state index >= 15 is 0 Å². The minimum Gasteiger partial charge on any atom is -0.389 e. The van der Waals surface area contributed by atoms with Crippen molar-refractivity contribution >= 4 is 23.0 Å². The highest BCUT2D eigenvalue weighted by molar-refractivity contribution is 7.80. The second-order valence-corrected chi connectivity index (χ2v) is 4.35. The van der Waals surface area contributed by atoms with Gasteiger partial charge in [-0.05, 0) is 19.9 Å². The summed E-state index contributed by atoms with van der Waals surface area (Å²) in [7, 11) is 1.67. The minimum atomic E-state index is 0.273. The lowest BCUT2D eigenvalue weighted by molar-refractivity contribution is 0.203. The zero-order chi connectivity index (χ0) is 12.8. The molecule has 0 unspecified atom stereocenters. The van der Waals surface area contributed by atoms with Crippen molar-refractivity contribution in [3.8, 4) is 0 Å². The van der Waals surface area contributed by atoms with Gasteiger partial charge in [-0.3, -0.25) is 0 Å². The van der Waals surface area contributed by atoms with Crippen LogP contribution in [0.3, 0.4) is 0 Å². The Kier molecular flexibility index (Phi) is 5.24. The van der Waals surface area contributed by atoms with E-state index in [1.165, 1.54) is 0 Å². The zero-order valence-corrected chi connectivity index (χ0v) is 11.2. The molecule has 1 aromatic rings. The summed E-state index contributed by atoms with van der Waals surface area (Å²) in [5.74, 6) is 0.715. The molecule has 1 rings (SSSR count). The summed E-state index contributed by atoms with van der Waals surface area (Å²) >= 11 is 5.02. The fourth-order valence-electron chi connectivity index (χ4n) is 1.53. The Labute approximate surface area is 107 Å². The Balaban J connectivity index is 3.04. The summed E-state index contributed by atoms with van der Waals surface area (Å²) in [5, 5.41) is 8.02. The largest absolute Gasteiger partial charge is 0.389 e. The van der Waals surface area contributed by atoms with Crippen LogP contribution in [0.1, 0.15) is 19.4 Å². The molecule has 6 heteroatoms. The number of anilines is 1. The first kappa shape index (κ1) is 13.8. The number of ether oxygens (including phenoxy) is 1. The Morgan fingerprint density at radius 3 is 2.82 bits per heavy atom. The summed E-state index contributed by atoms with van der Waals surface area (Å²) in [5.41, 5.74) is 6.44. The van der Waals surface area contributed by atoms with Gasteiger partial charge in [0.2, 0.25) is 0 Å². The number of hydrogen-bond donors (Lipinski definition) is 1. The number of nitrogens with two attached hydrogens (primary N) is 1. The molecule has 0 radical (unpaired) electrons. The molecule has 0 aliphatic heterocycles. The third kappa shape index (κ3) is 3.61. The van der Waals surface area contributed by atoms with Gasteiger partial charge in [0.15, 0.2) is 5.82 Å². The molecule has 1 heterocycles. The minimum absolute atomic E-state index is 0.273. The second-order valence-electron chi connectivity index (χ2n) is 3.91. The maximum Gasteiger partial charge on any atom is 0.161 e. The average molecular weight is 254 g/mol. The summed E-state index contributed by atoms with van der Waals surface area (Å²) < 4.78 is 5.09. The molecule has 2 N–H and O–H groups in total. The van der Waals surface area contributed by atoms with E-state index in [-0.39, 0.29) is 6.04 Å². The van der Waals surface area contributed by atoms with Gasteiger partial charge in [0.1, 0.15) is 4.99 Å². The fraction of sp³-hybridized carbons (Fsp3) is 0.545. The molecule has 0 aliphatic rings. The lowest BCUT2D eigenvalue weighted by Gasteiger charge is -2.28. The number of thiocarbonyl (C=S) groups is 1. The van der Waals surface area contributed by atoms with Crippen molar-refractivity contribution in [2.45, 2.75) is 19.9 Å². The zero-order valence-electron chi connectivity index (χ0n) is 10.4. The van der Waals surface area contributed by atoms with E-state index < -0.39 is 0 Å². The SMILES string of the molecule is COCCN(c1nnccc1C(N)=S)C(C)C. The van der Waals surface area contributed by atoms with E-state index in [0.717, 1.165) is 12.1 Å². The lowest BCUT2D eigenvalue weighted by atomic mass is 10.2. The molecule has 0 saturated heterocycles. The number of aromatic nitrogens is 2. The molecule has 0 atom stereocenters. The van der Waals surface area contributed by atoms with Crippen molar-refractivity contribution in [3.63, 3.8) is 0 Å². The van der Waals surface area contributed by atoms with Crippen molar-refractivity contribution < 1.29 is 4.74 Å². The number of rotatable bonds is 6. The van der Waals surface area contributed by atoms with Crippen molar-refractivity contribution in [1.29, 1.82) is 0 Å². The summed E-state index contributed by atoms with van der Waals surface area (Å²) in [6, 6.07) is 2.06. The molecular weight excluding hydrogens is 236 g/mol. The number of methoxy groups -OCH3 is 1. The Morgan fingerprint density at radius 1 is 1.59 bits per heavy atom. The highest BCUT2D eigenvalue weighted by Gasteiger charge is 2.17. The third-order valence-corrected chi connectivity index (χ3v) is 2.62. The molecule has 17 heavy (non-hydrogen) atoms. The van der Waals surface area contributed by atoms with Crippen LogP contribution in [0.2, 0.25) is 0 Å². The molecule has 5 nitrogen and oxygen atoms in total. The third-order valence-electron chi connectivity index (χ3n) is 2.40. The Bertz CT molecular complexity index is 383. The van der Waals surface area contributed by atoms with Gasteiger partial charge in [-0.2, -0.15) is 5.10 Å². The van der Waals surface area contributed by atoms with E-state index in [1.54, 1.807) is 19.4 Å². The molecule has 0 fully saturated rings. The number of nitrogens with zero attached hydrogens (tertiary/aromatic N) is 3. The molecule has 94 valence electrons. The van der Waals surface area contributed by atoms with Gasteiger partial charge in [-0.15, -0.1) is 5.10 Å². The van der Waals surface area contributed by atoms with Crippen molar-refractivity contribution in [2.24, 2.45) is 5.73 Å². The van der Waals surface area contributed by atoms with Gasteiger partial charge < -0.3 is 15.4 Å². The summed E-state index contributed by atoms with van der Waals surface area (Å²) in [6.45, 7) is 5.50. The fourth-order valence-corrected chi connectivity index (χ4v) is 1.69. The smallest absolute Gasteiger partial charge is 0.161 e. The van der Waals surface area contributed by atoms with Crippen LogP contribution in [0.4, 0.5) is 5.82 Å². The molecule has 0 saturated carbocycles. The molecule has 0 spiro atoms. The van der Waals surface area contributed by atoms with E-state index in [9.17, 15) is 0 Å². The first-order chi connectivity index (χ1) is 8.07. The van der Waals surface area contributed by atoms with Gasteiger partial charge in [0.05, 0.1) is 18.4 Å². The molecule has 0 amide bonds.